The third-order valence-electron chi connectivity index (χ3n) is 4.32. The SMILES string of the molecule is COc1cc(/C=C(/C#N)c2ccccc2F)cc(Cl)c1OCC(=O)Nc1ccc(F)cc1. The molecule has 0 aliphatic rings. The molecule has 0 aliphatic heterocycles. The molecule has 0 atom stereocenters. The Labute approximate surface area is 188 Å². The van der Waals surface area contributed by atoms with Crippen LogP contribution in [-0.4, -0.2) is 19.6 Å². The van der Waals surface area contributed by atoms with Gasteiger partial charge < -0.3 is 14.8 Å². The number of allylic oxidation sites excluding steroid dienone is 1. The lowest BCUT2D eigenvalue weighted by Crippen LogP contribution is -2.20. The van der Waals surface area contributed by atoms with Crippen LogP contribution in [0.4, 0.5) is 14.5 Å². The molecule has 3 aromatic rings. The van der Waals surface area contributed by atoms with E-state index in [1.165, 1.54) is 61.7 Å². The van der Waals surface area contributed by atoms with E-state index < -0.39 is 17.5 Å². The standard InChI is InChI=1S/C24H17ClF2N2O3/c1-31-22-12-15(10-16(13-28)19-4-2-3-5-21(19)27)11-20(25)24(22)32-14-23(30)29-18-8-6-17(26)7-9-18/h2-12H,14H2,1H3,(H,29,30)/b16-10-. The Morgan fingerprint density at radius 2 is 1.88 bits per heavy atom. The molecule has 0 radical (unpaired) electrons. The van der Waals surface area contributed by atoms with Crippen LogP contribution in [0.2, 0.25) is 5.02 Å². The molecule has 162 valence electrons. The highest BCUT2D eigenvalue weighted by atomic mass is 35.5. The molecule has 1 amide bonds. The maximum absolute atomic E-state index is 14.1. The number of carbonyl (C=O) groups excluding carboxylic acids is 1. The second kappa shape index (κ2) is 10.4. The molecule has 8 heteroatoms. The average Bonchev–Trinajstić information content (AvgIpc) is 2.78. The maximum atomic E-state index is 14.1. The summed E-state index contributed by atoms with van der Waals surface area (Å²) in [5.41, 5.74) is 1.15. The van der Waals surface area contributed by atoms with Crippen molar-refractivity contribution in [2.75, 3.05) is 19.0 Å². The number of nitrogens with zero attached hydrogens (tertiary/aromatic N) is 1. The molecule has 5 nitrogen and oxygen atoms in total. The van der Waals surface area contributed by atoms with Gasteiger partial charge in [0.2, 0.25) is 0 Å². The number of nitrogens with one attached hydrogen (secondary N) is 1. The summed E-state index contributed by atoms with van der Waals surface area (Å²) in [7, 11) is 1.40. The van der Waals surface area contributed by atoms with E-state index in [2.05, 4.69) is 5.32 Å². The van der Waals surface area contributed by atoms with Crippen LogP contribution < -0.4 is 14.8 Å². The minimum absolute atomic E-state index is 0.105. The topological polar surface area (TPSA) is 71.3 Å². The molecule has 0 unspecified atom stereocenters. The Morgan fingerprint density at radius 3 is 2.53 bits per heavy atom. The van der Waals surface area contributed by atoms with Crippen LogP contribution in [0.3, 0.4) is 0 Å². The number of methoxy groups -OCH3 is 1. The predicted octanol–water partition coefficient (Wildman–Crippen LogP) is 5.71. The largest absolute Gasteiger partial charge is 0.493 e. The molecule has 1 N–H and O–H groups in total. The minimum atomic E-state index is -0.523. The Hall–Kier alpha value is -3.89. The van der Waals surface area contributed by atoms with Crippen molar-refractivity contribution in [1.82, 2.24) is 0 Å². The lowest BCUT2D eigenvalue weighted by atomic mass is 10.0. The highest BCUT2D eigenvalue weighted by molar-refractivity contribution is 6.32. The number of anilines is 1. The van der Waals surface area contributed by atoms with Crippen molar-refractivity contribution in [3.8, 4) is 17.6 Å². The summed E-state index contributed by atoms with van der Waals surface area (Å²) in [4.78, 5) is 12.1. The number of amides is 1. The maximum Gasteiger partial charge on any atom is 0.262 e. The predicted molar refractivity (Wildman–Crippen MR) is 118 cm³/mol. The van der Waals surface area contributed by atoms with E-state index in [0.717, 1.165) is 0 Å². The van der Waals surface area contributed by atoms with Gasteiger partial charge in [-0.3, -0.25) is 4.79 Å². The molecule has 0 heterocycles. The molecule has 3 rings (SSSR count). The van der Waals surface area contributed by atoms with Gasteiger partial charge in [-0.05, 0) is 54.1 Å². The highest BCUT2D eigenvalue weighted by Gasteiger charge is 2.15. The van der Waals surface area contributed by atoms with Gasteiger partial charge in [0, 0.05) is 11.3 Å². The summed E-state index contributed by atoms with van der Waals surface area (Å²) in [6, 6.07) is 16.3. The lowest BCUT2D eigenvalue weighted by molar-refractivity contribution is -0.118. The van der Waals surface area contributed by atoms with Crippen molar-refractivity contribution in [3.05, 3.63) is 88.4 Å². The van der Waals surface area contributed by atoms with Gasteiger partial charge in [0.25, 0.3) is 5.91 Å². The first-order valence-corrected chi connectivity index (χ1v) is 9.71. The van der Waals surface area contributed by atoms with E-state index in [1.807, 2.05) is 6.07 Å². The summed E-state index contributed by atoms with van der Waals surface area (Å²) in [6.45, 7) is -0.374. The van der Waals surface area contributed by atoms with E-state index in [0.29, 0.717) is 11.3 Å². The first-order chi connectivity index (χ1) is 15.4. The normalized spacial score (nSPS) is 10.9. The van der Waals surface area contributed by atoms with Gasteiger partial charge in [-0.1, -0.05) is 29.8 Å². The van der Waals surface area contributed by atoms with Crippen LogP contribution in [-0.2, 0) is 4.79 Å². The van der Waals surface area contributed by atoms with Crippen molar-refractivity contribution < 1.29 is 23.0 Å². The van der Waals surface area contributed by atoms with Gasteiger partial charge in [0.15, 0.2) is 18.1 Å². The monoisotopic (exact) mass is 454 g/mol. The molecule has 0 spiro atoms. The Morgan fingerprint density at radius 1 is 1.16 bits per heavy atom. The van der Waals surface area contributed by atoms with Crippen LogP contribution in [0.1, 0.15) is 11.1 Å². The molecule has 0 saturated heterocycles. The summed E-state index contributed by atoms with van der Waals surface area (Å²) < 4.78 is 37.8. The summed E-state index contributed by atoms with van der Waals surface area (Å²) in [5, 5.41) is 12.2. The van der Waals surface area contributed by atoms with E-state index >= 15 is 0 Å². The third-order valence-corrected chi connectivity index (χ3v) is 4.60. The lowest BCUT2D eigenvalue weighted by Gasteiger charge is -2.13. The average molecular weight is 455 g/mol. The molecule has 0 saturated carbocycles. The molecule has 0 aliphatic carbocycles. The van der Waals surface area contributed by atoms with Crippen LogP contribution in [0.5, 0.6) is 11.5 Å². The number of rotatable bonds is 7. The van der Waals surface area contributed by atoms with Crippen molar-refractivity contribution in [1.29, 1.82) is 5.26 Å². The second-order valence-corrected chi connectivity index (χ2v) is 6.93. The fourth-order valence-electron chi connectivity index (χ4n) is 2.85. The third kappa shape index (κ3) is 5.62. The Balaban J connectivity index is 1.79. The van der Waals surface area contributed by atoms with Crippen LogP contribution in [0, 0.1) is 23.0 Å². The van der Waals surface area contributed by atoms with E-state index in [4.69, 9.17) is 21.1 Å². The van der Waals surface area contributed by atoms with E-state index in [9.17, 15) is 18.8 Å². The van der Waals surface area contributed by atoms with Crippen molar-refractivity contribution in [2.24, 2.45) is 0 Å². The van der Waals surface area contributed by atoms with Gasteiger partial charge in [-0.2, -0.15) is 5.26 Å². The summed E-state index contributed by atoms with van der Waals surface area (Å²) in [6.07, 6.45) is 1.47. The smallest absolute Gasteiger partial charge is 0.262 e. The molecule has 0 aromatic heterocycles. The number of ether oxygens (including phenoxy) is 2. The number of nitriles is 1. The minimum Gasteiger partial charge on any atom is -0.493 e. The second-order valence-electron chi connectivity index (χ2n) is 6.53. The molecule has 32 heavy (non-hydrogen) atoms. The summed E-state index contributed by atoms with van der Waals surface area (Å²) >= 11 is 6.31. The van der Waals surface area contributed by atoms with Gasteiger partial charge in [0.1, 0.15) is 11.6 Å². The zero-order valence-electron chi connectivity index (χ0n) is 16.9. The fourth-order valence-corrected chi connectivity index (χ4v) is 3.12. The molecule has 0 bridgehead atoms. The van der Waals surface area contributed by atoms with Gasteiger partial charge in [0.05, 0.1) is 23.8 Å². The number of carbonyl (C=O) groups is 1. The summed E-state index contributed by atoms with van der Waals surface area (Å²) in [5.74, 6) is -1.07. The quantitative estimate of drug-likeness (QED) is 0.366. The zero-order chi connectivity index (χ0) is 23.1. The molecule has 3 aromatic carbocycles. The van der Waals surface area contributed by atoms with Crippen LogP contribution in [0.25, 0.3) is 11.6 Å². The van der Waals surface area contributed by atoms with Crippen molar-refractivity contribution >= 4 is 34.8 Å². The van der Waals surface area contributed by atoms with E-state index in [1.54, 1.807) is 12.1 Å². The number of hydrogen-bond donors (Lipinski definition) is 1. The Bertz CT molecular complexity index is 1200. The number of benzene rings is 3. The molecule has 0 fully saturated rings. The van der Waals surface area contributed by atoms with Crippen molar-refractivity contribution in [3.63, 3.8) is 0 Å². The van der Waals surface area contributed by atoms with Crippen molar-refractivity contribution in [2.45, 2.75) is 0 Å². The highest BCUT2D eigenvalue weighted by Crippen LogP contribution is 2.37. The van der Waals surface area contributed by atoms with Gasteiger partial charge >= 0.3 is 0 Å². The van der Waals surface area contributed by atoms with Crippen LogP contribution in [0.15, 0.2) is 60.7 Å². The first kappa shape index (κ1) is 22.8. The Kier molecular flexibility index (Phi) is 7.42. The van der Waals surface area contributed by atoms with E-state index in [-0.39, 0.29) is 34.3 Å². The zero-order valence-corrected chi connectivity index (χ0v) is 17.6. The van der Waals surface area contributed by atoms with Gasteiger partial charge in [-0.25, -0.2) is 8.78 Å². The number of halogens is 3. The first-order valence-electron chi connectivity index (χ1n) is 9.33. The fraction of sp³-hybridized carbons (Fsp3) is 0.0833. The van der Waals surface area contributed by atoms with Gasteiger partial charge in [-0.15, -0.1) is 0 Å². The van der Waals surface area contributed by atoms with Crippen LogP contribution >= 0.6 is 11.6 Å². The molecular formula is C24H17ClF2N2O3. The number of hydrogen-bond acceptors (Lipinski definition) is 4. The molecular weight excluding hydrogens is 438 g/mol.